The predicted molar refractivity (Wildman–Crippen MR) is 82.1 cm³/mol. The van der Waals surface area contributed by atoms with Gasteiger partial charge >= 0.3 is 0 Å². The van der Waals surface area contributed by atoms with Crippen molar-refractivity contribution in [2.45, 2.75) is 24.6 Å². The normalized spacial score (nSPS) is 28.5. The SMILES string of the molecule is COCC1O[C@@H](n2cnc3c(=O)[nH]c(N)nc32)[C@@H](F)C1OI. The minimum Gasteiger partial charge on any atom is -0.382 e. The van der Waals surface area contributed by atoms with Crippen LogP contribution in [0.5, 0.6) is 0 Å². The second-order valence-electron chi connectivity index (χ2n) is 4.79. The summed E-state index contributed by atoms with van der Waals surface area (Å²) in [4.78, 5) is 22.0. The molecule has 3 heterocycles. The Bertz CT molecular complexity index is 737. The number of alkyl halides is 1. The van der Waals surface area contributed by atoms with Gasteiger partial charge in [0.2, 0.25) is 5.95 Å². The van der Waals surface area contributed by atoms with E-state index in [-0.39, 0.29) is 23.7 Å². The van der Waals surface area contributed by atoms with Crippen molar-refractivity contribution in [3.8, 4) is 0 Å². The number of rotatable bonds is 4. The molecule has 2 aromatic heterocycles. The molecule has 2 unspecified atom stereocenters. The Balaban J connectivity index is 2.02. The molecule has 0 amide bonds. The molecule has 0 aliphatic carbocycles. The Labute approximate surface area is 137 Å². The van der Waals surface area contributed by atoms with E-state index in [9.17, 15) is 9.18 Å². The smallest absolute Gasteiger partial charge is 0.280 e. The lowest BCUT2D eigenvalue weighted by Gasteiger charge is -2.15. The minimum absolute atomic E-state index is 0.0622. The van der Waals surface area contributed by atoms with Crippen LogP contribution >= 0.6 is 23.0 Å². The summed E-state index contributed by atoms with van der Waals surface area (Å²) in [6.45, 7) is 0.174. The zero-order chi connectivity index (χ0) is 15.9. The summed E-state index contributed by atoms with van der Waals surface area (Å²) in [6, 6.07) is 0. The monoisotopic (exact) mass is 425 g/mol. The van der Waals surface area contributed by atoms with E-state index < -0.39 is 30.2 Å². The maximum absolute atomic E-state index is 14.6. The molecule has 1 fully saturated rings. The number of nitrogen functional groups attached to an aromatic ring is 1. The van der Waals surface area contributed by atoms with Gasteiger partial charge in [0.15, 0.2) is 23.6 Å². The molecule has 11 heteroatoms. The van der Waals surface area contributed by atoms with Crippen LogP contribution in [0.3, 0.4) is 0 Å². The number of nitrogens with one attached hydrogen (secondary N) is 1. The van der Waals surface area contributed by atoms with Gasteiger partial charge in [-0.15, -0.1) is 0 Å². The Morgan fingerprint density at radius 3 is 3.09 bits per heavy atom. The molecule has 1 aliphatic heterocycles. The van der Waals surface area contributed by atoms with E-state index in [0.29, 0.717) is 0 Å². The van der Waals surface area contributed by atoms with E-state index in [1.807, 2.05) is 0 Å². The molecule has 3 rings (SSSR count). The number of fused-ring (bicyclic) bond motifs is 1. The van der Waals surface area contributed by atoms with E-state index in [0.717, 1.165) is 0 Å². The zero-order valence-corrected chi connectivity index (χ0v) is 13.6. The maximum Gasteiger partial charge on any atom is 0.280 e. The van der Waals surface area contributed by atoms with E-state index >= 15 is 0 Å². The quantitative estimate of drug-likeness (QED) is 0.678. The molecular formula is C11H13FIN5O4. The third kappa shape index (κ3) is 2.47. The number of nitrogens with zero attached hydrogens (tertiary/aromatic N) is 3. The molecule has 9 nitrogen and oxygen atoms in total. The molecule has 0 spiro atoms. The highest BCUT2D eigenvalue weighted by Crippen LogP contribution is 2.36. The van der Waals surface area contributed by atoms with Gasteiger partial charge in [0, 0.05) is 7.11 Å². The first-order valence-electron chi connectivity index (χ1n) is 6.35. The fraction of sp³-hybridized carbons (Fsp3) is 0.545. The summed E-state index contributed by atoms with van der Waals surface area (Å²) < 4.78 is 31.7. The highest BCUT2D eigenvalue weighted by Gasteiger charge is 2.47. The first-order chi connectivity index (χ1) is 10.6. The third-order valence-corrected chi connectivity index (χ3v) is 4.01. The van der Waals surface area contributed by atoms with Crippen molar-refractivity contribution in [1.29, 1.82) is 0 Å². The Hall–Kier alpha value is -1.31. The number of hydrogen-bond donors (Lipinski definition) is 2. The van der Waals surface area contributed by atoms with Crippen LogP contribution in [-0.4, -0.2) is 51.6 Å². The van der Waals surface area contributed by atoms with Crippen LogP contribution in [0.4, 0.5) is 10.3 Å². The molecule has 1 aliphatic rings. The predicted octanol–water partition coefficient (Wildman–Crippen LogP) is 0.319. The van der Waals surface area contributed by atoms with Crippen molar-refractivity contribution in [2.75, 3.05) is 19.5 Å². The number of H-pyrrole nitrogens is 1. The van der Waals surface area contributed by atoms with Crippen LogP contribution in [0.1, 0.15) is 6.23 Å². The first kappa shape index (κ1) is 15.6. The van der Waals surface area contributed by atoms with Crippen LogP contribution in [0.15, 0.2) is 11.1 Å². The summed E-state index contributed by atoms with van der Waals surface area (Å²) in [6.07, 6.45) is -2.60. The number of imidazole rings is 1. The van der Waals surface area contributed by atoms with Crippen molar-refractivity contribution >= 4 is 40.1 Å². The highest BCUT2D eigenvalue weighted by molar-refractivity contribution is 14.1. The Morgan fingerprint density at radius 2 is 2.41 bits per heavy atom. The number of nitrogens with two attached hydrogens (primary N) is 1. The van der Waals surface area contributed by atoms with Gasteiger partial charge in [0.25, 0.3) is 5.56 Å². The van der Waals surface area contributed by atoms with Crippen LogP contribution in [0.2, 0.25) is 0 Å². The lowest BCUT2D eigenvalue weighted by atomic mass is 10.1. The van der Waals surface area contributed by atoms with E-state index in [1.54, 1.807) is 23.0 Å². The molecule has 1 saturated heterocycles. The van der Waals surface area contributed by atoms with Gasteiger partial charge < -0.3 is 18.3 Å². The average Bonchev–Trinajstić information content (AvgIpc) is 3.01. The van der Waals surface area contributed by atoms with Crippen LogP contribution < -0.4 is 11.3 Å². The van der Waals surface area contributed by atoms with Crippen LogP contribution in [0.25, 0.3) is 11.2 Å². The van der Waals surface area contributed by atoms with Gasteiger partial charge in [-0.1, -0.05) is 0 Å². The fourth-order valence-electron chi connectivity index (χ4n) is 2.45. The minimum atomic E-state index is -1.48. The van der Waals surface area contributed by atoms with Crippen molar-refractivity contribution in [2.24, 2.45) is 0 Å². The van der Waals surface area contributed by atoms with Crippen molar-refractivity contribution < 1.29 is 16.9 Å². The first-order valence-corrected chi connectivity index (χ1v) is 7.23. The third-order valence-electron chi connectivity index (χ3n) is 3.43. The van der Waals surface area contributed by atoms with Crippen molar-refractivity contribution in [3.63, 3.8) is 0 Å². The molecule has 3 N–H and O–H groups in total. The summed E-state index contributed by atoms with van der Waals surface area (Å²) >= 11 is 1.63. The zero-order valence-electron chi connectivity index (χ0n) is 11.4. The lowest BCUT2D eigenvalue weighted by Crippen LogP contribution is -2.31. The molecule has 0 aromatic carbocycles. The van der Waals surface area contributed by atoms with Gasteiger partial charge in [-0.2, -0.15) is 4.98 Å². The highest BCUT2D eigenvalue weighted by atomic mass is 127. The van der Waals surface area contributed by atoms with Gasteiger partial charge in [0.05, 0.1) is 12.9 Å². The number of ether oxygens (including phenoxy) is 2. The number of hydrogen-bond acceptors (Lipinski definition) is 7. The maximum atomic E-state index is 14.6. The number of aromatic amines is 1. The molecular weight excluding hydrogens is 412 g/mol. The second kappa shape index (κ2) is 6.06. The topological polar surface area (TPSA) is 117 Å². The van der Waals surface area contributed by atoms with Crippen LogP contribution in [-0.2, 0) is 12.5 Å². The van der Waals surface area contributed by atoms with E-state index in [2.05, 4.69) is 15.0 Å². The summed E-state index contributed by atoms with van der Waals surface area (Å²) in [5.41, 5.74) is 5.24. The summed E-state index contributed by atoms with van der Waals surface area (Å²) in [5.74, 6) is -0.0808. The van der Waals surface area contributed by atoms with Gasteiger partial charge in [-0.25, -0.2) is 9.37 Å². The number of halogens is 2. The van der Waals surface area contributed by atoms with Gasteiger partial charge in [0.1, 0.15) is 35.2 Å². The van der Waals surface area contributed by atoms with Gasteiger partial charge in [-0.3, -0.25) is 14.3 Å². The largest absolute Gasteiger partial charge is 0.382 e. The number of aromatic nitrogens is 4. The lowest BCUT2D eigenvalue weighted by molar-refractivity contribution is -0.0491. The second-order valence-corrected chi connectivity index (χ2v) is 5.30. The molecule has 2 aromatic rings. The molecule has 0 saturated carbocycles. The fourth-order valence-corrected chi connectivity index (χ4v) is 3.06. The van der Waals surface area contributed by atoms with Gasteiger partial charge in [-0.05, 0) is 0 Å². The van der Waals surface area contributed by atoms with Crippen molar-refractivity contribution in [3.05, 3.63) is 16.7 Å². The summed E-state index contributed by atoms with van der Waals surface area (Å²) in [7, 11) is 1.49. The van der Waals surface area contributed by atoms with Crippen LogP contribution in [0, 0.1) is 0 Å². The number of methoxy groups -OCH3 is 1. The molecule has 4 atom stereocenters. The number of anilines is 1. The standard InChI is InChI=1S/C11H13FIN5O4/c1-20-2-4-7(22-13)5(12)10(21-4)18-3-15-6-8(18)16-11(14)17-9(6)19/h3-5,7,10H,2H2,1H3,(H3,14,16,17,19)/t4?,5-,7?,10+/m0/s1. The average molecular weight is 425 g/mol. The van der Waals surface area contributed by atoms with E-state index in [4.69, 9.17) is 18.3 Å². The Morgan fingerprint density at radius 1 is 1.64 bits per heavy atom. The molecule has 0 radical (unpaired) electrons. The van der Waals surface area contributed by atoms with Crippen molar-refractivity contribution in [1.82, 2.24) is 19.5 Å². The molecule has 120 valence electrons. The van der Waals surface area contributed by atoms with E-state index in [1.165, 1.54) is 18.0 Å². The summed E-state index contributed by atoms with van der Waals surface area (Å²) in [5, 5.41) is 0. The molecule has 0 bridgehead atoms. The molecule has 22 heavy (non-hydrogen) atoms. The Kier molecular flexibility index (Phi) is 4.29.